The summed E-state index contributed by atoms with van der Waals surface area (Å²) >= 11 is 0. The largest absolute Gasteiger partial charge is 0.466 e. The number of hydrogen-bond donors (Lipinski definition) is 2. The average Bonchev–Trinajstić information content (AvgIpc) is 2.98. The third-order valence-corrected chi connectivity index (χ3v) is 2.15. The second-order valence-electron chi connectivity index (χ2n) is 3.60. The summed E-state index contributed by atoms with van der Waals surface area (Å²) in [5.41, 5.74) is 0.364. The molecule has 0 fully saturated rings. The molecule has 0 aliphatic carbocycles. The van der Waals surface area contributed by atoms with Crippen molar-refractivity contribution in [1.29, 1.82) is 0 Å². The fourth-order valence-corrected chi connectivity index (χ4v) is 1.17. The van der Waals surface area contributed by atoms with E-state index in [4.69, 9.17) is 4.74 Å². The van der Waals surface area contributed by atoms with Crippen molar-refractivity contribution in [1.82, 2.24) is 15.3 Å². The standard InChI is InChI=1S/C12H15N3O5/c1-19-10(16)3-4-11(17)20-6-2-5-14-12(18)9-7-13-8-15-9/h3-4,7-8H,2,5-6H2,1H3,(H,13,15)(H,14,18)/b4-3+. The Morgan fingerprint density at radius 2 is 2.10 bits per heavy atom. The van der Waals surface area contributed by atoms with Crippen LogP contribution in [0.4, 0.5) is 0 Å². The first-order valence-corrected chi connectivity index (χ1v) is 5.83. The van der Waals surface area contributed by atoms with E-state index in [0.717, 1.165) is 12.2 Å². The Hall–Kier alpha value is -2.64. The Bertz CT molecular complexity index is 481. The number of amides is 1. The van der Waals surface area contributed by atoms with Crippen molar-refractivity contribution < 1.29 is 23.9 Å². The molecule has 8 nitrogen and oxygen atoms in total. The van der Waals surface area contributed by atoms with E-state index < -0.39 is 11.9 Å². The quantitative estimate of drug-likeness (QED) is 0.407. The second kappa shape index (κ2) is 8.46. The van der Waals surface area contributed by atoms with E-state index in [0.29, 0.717) is 18.7 Å². The van der Waals surface area contributed by atoms with Gasteiger partial charge in [0.05, 0.1) is 26.2 Å². The lowest BCUT2D eigenvalue weighted by molar-refractivity contribution is -0.139. The molecule has 0 atom stereocenters. The molecule has 0 aliphatic rings. The summed E-state index contributed by atoms with van der Waals surface area (Å²) in [5, 5.41) is 2.62. The molecule has 0 radical (unpaired) electrons. The van der Waals surface area contributed by atoms with Crippen LogP contribution in [0.15, 0.2) is 24.7 Å². The first-order valence-electron chi connectivity index (χ1n) is 5.83. The molecule has 0 saturated carbocycles. The van der Waals surface area contributed by atoms with Gasteiger partial charge in [0.15, 0.2) is 0 Å². The summed E-state index contributed by atoms with van der Waals surface area (Å²) in [6.45, 7) is 0.486. The maximum atomic E-state index is 11.5. The predicted octanol–water partition coefficient (Wildman–Crippen LogP) is -0.198. The molecule has 1 heterocycles. The van der Waals surface area contributed by atoms with Crippen molar-refractivity contribution in [3.8, 4) is 0 Å². The molecule has 0 saturated heterocycles. The van der Waals surface area contributed by atoms with Crippen molar-refractivity contribution in [3.05, 3.63) is 30.4 Å². The monoisotopic (exact) mass is 281 g/mol. The van der Waals surface area contributed by atoms with Crippen molar-refractivity contribution in [2.75, 3.05) is 20.3 Å². The minimum atomic E-state index is -0.643. The summed E-state index contributed by atoms with van der Waals surface area (Å²) in [5.74, 6) is -1.55. The SMILES string of the molecule is COC(=O)/C=C/C(=O)OCCCNC(=O)c1cnc[nH]1. The maximum absolute atomic E-state index is 11.5. The van der Waals surface area contributed by atoms with Crippen molar-refractivity contribution >= 4 is 17.8 Å². The van der Waals surface area contributed by atoms with E-state index in [9.17, 15) is 14.4 Å². The molecular formula is C12H15N3O5. The van der Waals surface area contributed by atoms with Crippen LogP contribution in [-0.4, -0.2) is 48.1 Å². The van der Waals surface area contributed by atoms with Crippen LogP contribution in [0, 0.1) is 0 Å². The number of carbonyl (C=O) groups excluding carboxylic acids is 3. The van der Waals surface area contributed by atoms with Gasteiger partial charge in [0.1, 0.15) is 5.69 Å². The molecule has 2 N–H and O–H groups in total. The van der Waals surface area contributed by atoms with E-state index in [2.05, 4.69) is 20.0 Å². The number of aromatic amines is 1. The number of hydrogen-bond acceptors (Lipinski definition) is 6. The number of aromatic nitrogens is 2. The Balaban J connectivity index is 2.10. The third kappa shape index (κ3) is 5.80. The Labute approximate surface area is 115 Å². The second-order valence-corrected chi connectivity index (χ2v) is 3.60. The van der Waals surface area contributed by atoms with Crippen LogP contribution in [0.5, 0.6) is 0 Å². The van der Waals surface area contributed by atoms with Crippen LogP contribution in [-0.2, 0) is 19.1 Å². The van der Waals surface area contributed by atoms with Crippen molar-refractivity contribution in [2.45, 2.75) is 6.42 Å². The topological polar surface area (TPSA) is 110 Å². The lowest BCUT2D eigenvalue weighted by Crippen LogP contribution is -2.25. The Kier molecular flexibility index (Phi) is 6.52. The molecule has 108 valence electrons. The van der Waals surface area contributed by atoms with Gasteiger partial charge in [-0.15, -0.1) is 0 Å². The van der Waals surface area contributed by atoms with Crippen LogP contribution < -0.4 is 5.32 Å². The Morgan fingerprint density at radius 3 is 2.75 bits per heavy atom. The highest BCUT2D eigenvalue weighted by molar-refractivity contribution is 5.92. The highest BCUT2D eigenvalue weighted by Gasteiger charge is 2.05. The molecule has 0 aliphatic heterocycles. The third-order valence-electron chi connectivity index (χ3n) is 2.15. The summed E-state index contributed by atoms with van der Waals surface area (Å²) in [6, 6.07) is 0. The predicted molar refractivity (Wildman–Crippen MR) is 67.7 cm³/mol. The van der Waals surface area contributed by atoms with Gasteiger partial charge in [0.25, 0.3) is 5.91 Å². The Morgan fingerprint density at radius 1 is 1.35 bits per heavy atom. The average molecular weight is 281 g/mol. The van der Waals surface area contributed by atoms with Gasteiger partial charge in [-0.25, -0.2) is 14.6 Å². The summed E-state index contributed by atoms with van der Waals surface area (Å²) in [7, 11) is 1.21. The lowest BCUT2D eigenvalue weighted by Gasteiger charge is -2.04. The zero-order valence-electron chi connectivity index (χ0n) is 10.9. The molecule has 1 aromatic heterocycles. The number of esters is 2. The van der Waals surface area contributed by atoms with Crippen LogP contribution in [0.2, 0.25) is 0 Å². The van der Waals surface area contributed by atoms with Gasteiger partial charge < -0.3 is 19.8 Å². The summed E-state index contributed by atoms with van der Waals surface area (Å²) < 4.78 is 9.12. The van der Waals surface area contributed by atoms with E-state index in [1.807, 2.05) is 0 Å². The van der Waals surface area contributed by atoms with Gasteiger partial charge in [-0.3, -0.25) is 4.79 Å². The number of ether oxygens (including phenoxy) is 2. The molecule has 1 rings (SSSR count). The first kappa shape index (κ1) is 15.4. The number of H-pyrrole nitrogens is 1. The normalized spacial score (nSPS) is 10.2. The van der Waals surface area contributed by atoms with E-state index in [-0.39, 0.29) is 12.5 Å². The summed E-state index contributed by atoms with van der Waals surface area (Å²) in [6.07, 6.45) is 5.23. The molecule has 20 heavy (non-hydrogen) atoms. The van der Waals surface area contributed by atoms with Gasteiger partial charge in [-0.2, -0.15) is 0 Å². The van der Waals surface area contributed by atoms with Crippen molar-refractivity contribution in [2.24, 2.45) is 0 Å². The number of carbonyl (C=O) groups is 3. The molecular weight excluding hydrogens is 266 g/mol. The minimum absolute atomic E-state index is 0.133. The molecule has 0 aromatic carbocycles. The van der Waals surface area contributed by atoms with Gasteiger partial charge in [0.2, 0.25) is 0 Å². The fraction of sp³-hybridized carbons (Fsp3) is 0.333. The molecule has 1 aromatic rings. The highest BCUT2D eigenvalue weighted by Crippen LogP contribution is 1.91. The maximum Gasteiger partial charge on any atom is 0.331 e. The molecule has 1 amide bonds. The number of nitrogens with one attached hydrogen (secondary N) is 2. The molecule has 8 heteroatoms. The van der Waals surface area contributed by atoms with E-state index in [1.54, 1.807) is 0 Å². The zero-order valence-corrected chi connectivity index (χ0v) is 10.9. The first-order chi connectivity index (χ1) is 9.63. The minimum Gasteiger partial charge on any atom is -0.466 e. The number of methoxy groups -OCH3 is 1. The highest BCUT2D eigenvalue weighted by atomic mass is 16.5. The van der Waals surface area contributed by atoms with E-state index >= 15 is 0 Å². The molecule has 0 unspecified atom stereocenters. The number of imidazole rings is 1. The van der Waals surface area contributed by atoms with Crippen LogP contribution in [0.3, 0.4) is 0 Å². The molecule has 0 spiro atoms. The lowest BCUT2D eigenvalue weighted by atomic mass is 10.4. The van der Waals surface area contributed by atoms with Gasteiger partial charge >= 0.3 is 11.9 Å². The van der Waals surface area contributed by atoms with Crippen molar-refractivity contribution in [3.63, 3.8) is 0 Å². The zero-order chi connectivity index (χ0) is 14.8. The van der Waals surface area contributed by atoms with Gasteiger partial charge in [-0.05, 0) is 6.42 Å². The van der Waals surface area contributed by atoms with Crippen LogP contribution in [0.25, 0.3) is 0 Å². The van der Waals surface area contributed by atoms with Crippen LogP contribution >= 0.6 is 0 Å². The number of rotatable bonds is 7. The fourth-order valence-electron chi connectivity index (χ4n) is 1.17. The van der Waals surface area contributed by atoms with Gasteiger partial charge in [-0.1, -0.05) is 0 Å². The van der Waals surface area contributed by atoms with E-state index in [1.165, 1.54) is 19.6 Å². The smallest absolute Gasteiger partial charge is 0.331 e. The van der Waals surface area contributed by atoms with Gasteiger partial charge in [0, 0.05) is 18.7 Å². The number of nitrogens with zero attached hydrogens (tertiary/aromatic N) is 1. The molecule has 0 bridgehead atoms. The summed E-state index contributed by atoms with van der Waals surface area (Å²) in [4.78, 5) is 39.7. The van der Waals surface area contributed by atoms with Crippen LogP contribution in [0.1, 0.15) is 16.9 Å².